The summed E-state index contributed by atoms with van der Waals surface area (Å²) in [6.45, 7) is 4.62. The van der Waals surface area contributed by atoms with Crippen LogP contribution in [0.15, 0.2) is 70.5 Å². The van der Waals surface area contributed by atoms with E-state index in [0.29, 0.717) is 0 Å². The Morgan fingerprint density at radius 3 is 1.26 bits per heavy atom. The van der Waals surface area contributed by atoms with Crippen molar-refractivity contribution >= 4 is 10.9 Å². The number of hydrogen-bond acceptors (Lipinski definition) is 0. The SMILES string of the molecule is CCCCCCCCCCCC(CCCCCC)[S+](c1ccccc1)c1ccccc1. The Balaban J connectivity index is 1.95. The standard InChI is InChI=1S/C30H47S/c1-3-5-7-9-10-11-12-13-17-23-28(22-16-8-6-4-2)31(29-24-18-14-19-25-29)30-26-20-15-21-27-30/h14-15,18-21,24-28H,3-13,16-17,22-23H2,1-2H3/q+1. The van der Waals surface area contributed by atoms with Crippen molar-refractivity contribution < 1.29 is 0 Å². The average molecular weight is 440 g/mol. The van der Waals surface area contributed by atoms with E-state index in [1.54, 1.807) is 0 Å². The van der Waals surface area contributed by atoms with Crippen molar-refractivity contribution in [2.45, 2.75) is 125 Å². The van der Waals surface area contributed by atoms with Crippen LogP contribution in [0.3, 0.4) is 0 Å². The molecule has 0 N–H and O–H groups in total. The lowest BCUT2D eigenvalue weighted by Crippen LogP contribution is -2.22. The third kappa shape index (κ3) is 10.8. The summed E-state index contributed by atoms with van der Waals surface area (Å²) < 4.78 is 0. The third-order valence-electron chi connectivity index (χ3n) is 6.34. The van der Waals surface area contributed by atoms with Crippen LogP contribution in [0.25, 0.3) is 0 Å². The van der Waals surface area contributed by atoms with Gasteiger partial charge >= 0.3 is 0 Å². The quantitative estimate of drug-likeness (QED) is 0.160. The Labute approximate surface area is 196 Å². The van der Waals surface area contributed by atoms with E-state index in [2.05, 4.69) is 74.5 Å². The molecule has 2 aromatic rings. The summed E-state index contributed by atoms with van der Waals surface area (Å²) in [5.41, 5.74) is 0. The smallest absolute Gasteiger partial charge is 0.0654 e. The fraction of sp³-hybridized carbons (Fsp3) is 0.600. The van der Waals surface area contributed by atoms with Gasteiger partial charge in [-0.15, -0.1) is 0 Å². The summed E-state index contributed by atoms with van der Waals surface area (Å²) >= 11 is 0. The van der Waals surface area contributed by atoms with Gasteiger partial charge in [0.2, 0.25) is 0 Å². The molecule has 31 heavy (non-hydrogen) atoms. The molecular weight excluding hydrogens is 392 g/mol. The molecule has 0 aliphatic rings. The van der Waals surface area contributed by atoms with Gasteiger partial charge in [0.25, 0.3) is 0 Å². The van der Waals surface area contributed by atoms with Gasteiger partial charge in [-0.2, -0.15) is 0 Å². The predicted molar refractivity (Wildman–Crippen MR) is 141 cm³/mol. The van der Waals surface area contributed by atoms with Crippen LogP contribution in [0.2, 0.25) is 0 Å². The number of hydrogen-bond donors (Lipinski definition) is 0. The molecule has 0 aromatic heterocycles. The summed E-state index contributed by atoms with van der Waals surface area (Å²) in [7, 11) is 0.193. The maximum absolute atomic E-state index is 2.37. The Morgan fingerprint density at radius 1 is 0.484 bits per heavy atom. The highest BCUT2D eigenvalue weighted by atomic mass is 32.2. The van der Waals surface area contributed by atoms with E-state index in [1.807, 2.05) is 0 Å². The second-order valence-corrected chi connectivity index (χ2v) is 11.3. The lowest BCUT2D eigenvalue weighted by atomic mass is 10.0. The summed E-state index contributed by atoms with van der Waals surface area (Å²) in [5, 5.41) is 0.784. The summed E-state index contributed by atoms with van der Waals surface area (Å²) in [6, 6.07) is 22.7. The molecule has 0 saturated heterocycles. The van der Waals surface area contributed by atoms with Crippen LogP contribution in [0, 0.1) is 0 Å². The molecule has 0 radical (unpaired) electrons. The fourth-order valence-electron chi connectivity index (χ4n) is 4.52. The number of benzene rings is 2. The fourth-order valence-corrected chi connectivity index (χ4v) is 7.26. The zero-order chi connectivity index (χ0) is 22.0. The van der Waals surface area contributed by atoms with E-state index in [9.17, 15) is 0 Å². The highest BCUT2D eigenvalue weighted by Gasteiger charge is 2.34. The largest absolute Gasteiger partial charge is 0.160 e. The number of rotatable bonds is 18. The Morgan fingerprint density at radius 2 is 0.839 bits per heavy atom. The highest BCUT2D eigenvalue weighted by Crippen LogP contribution is 2.33. The first-order valence-corrected chi connectivity index (χ1v) is 14.5. The number of unbranched alkanes of at least 4 members (excludes halogenated alkanes) is 11. The maximum Gasteiger partial charge on any atom is 0.160 e. The summed E-state index contributed by atoms with van der Waals surface area (Å²) in [4.78, 5) is 3.07. The molecule has 1 unspecified atom stereocenters. The Hall–Kier alpha value is -1.21. The Kier molecular flexibility index (Phi) is 14.6. The molecule has 0 saturated carbocycles. The van der Waals surface area contributed by atoms with E-state index < -0.39 is 0 Å². The molecule has 0 spiro atoms. The lowest BCUT2D eigenvalue weighted by molar-refractivity contribution is 0.535. The van der Waals surface area contributed by atoms with Crippen molar-refractivity contribution in [2.75, 3.05) is 0 Å². The van der Waals surface area contributed by atoms with Crippen LogP contribution >= 0.6 is 0 Å². The monoisotopic (exact) mass is 439 g/mol. The van der Waals surface area contributed by atoms with Gasteiger partial charge in [0, 0.05) is 0 Å². The molecule has 2 aromatic carbocycles. The van der Waals surface area contributed by atoms with Crippen molar-refractivity contribution in [3.8, 4) is 0 Å². The second kappa shape index (κ2) is 17.4. The van der Waals surface area contributed by atoms with Crippen LogP contribution in [0.4, 0.5) is 0 Å². The van der Waals surface area contributed by atoms with Crippen molar-refractivity contribution in [2.24, 2.45) is 0 Å². The minimum absolute atomic E-state index is 0.193. The van der Waals surface area contributed by atoms with Gasteiger partial charge in [0.1, 0.15) is 5.25 Å². The minimum atomic E-state index is 0.193. The van der Waals surface area contributed by atoms with Gasteiger partial charge in [0.05, 0.1) is 10.9 Å². The molecular formula is C30H47S+. The molecule has 0 nitrogen and oxygen atoms in total. The molecule has 1 heteroatoms. The van der Waals surface area contributed by atoms with Crippen LogP contribution in [0.1, 0.15) is 110 Å². The first kappa shape index (κ1) is 26.0. The topological polar surface area (TPSA) is 0 Å². The van der Waals surface area contributed by atoms with Crippen LogP contribution < -0.4 is 0 Å². The predicted octanol–water partition coefficient (Wildman–Crippen LogP) is 9.98. The highest BCUT2D eigenvalue weighted by molar-refractivity contribution is 7.97. The second-order valence-electron chi connectivity index (χ2n) is 9.05. The van der Waals surface area contributed by atoms with Gasteiger partial charge in [-0.25, -0.2) is 0 Å². The molecule has 0 aliphatic carbocycles. The Bertz CT molecular complexity index is 596. The van der Waals surface area contributed by atoms with Gasteiger partial charge in [0.15, 0.2) is 9.79 Å². The first-order chi connectivity index (χ1) is 15.4. The van der Waals surface area contributed by atoms with Gasteiger partial charge in [-0.1, -0.05) is 121 Å². The molecule has 0 amide bonds. The zero-order valence-electron chi connectivity index (χ0n) is 20.4. The molecule has 1 atom stereocenters. The molecule has 0 aliphatic heterocycles. The molecule has 2 rings (SSSR count). The van der Waals surface area contributed by atoms with Crippen molar-refractivity contribution in [3.05, 3.63) is 60.7 Å². The molecule has 172 valence electrons. The molecule has 0 heterocycles. The van der Waals surface area contributed by atoms with Crippen LogP contribution in [-0.4, -0.2) is 5.25 Å². The van der Waals surface area contributed by atoms with Crippen molar-refractivity contribution in [1.29, 1.82) is 0 Å². The van der Waals surface area contributed by atoms with Gasteiger partial charge in [-0.05, 0) is 49.9 Å². The summed E-state index contributed by atoms with van der Waals surface area (Å²) in [5.74, 6) is 0. The van der Waals surface area contributed by atoms with Gasteiger partial charge < -0.3 is 0 Å². The van der Waals surface area contributed by atoms with Crippen molar-refractivity contribution in [1.82, 2.24) is 0 Å². The van der Waals surface area contributed by atoms with E-state index >= 15 is 0 Å². The minimum Gasteiger partial charge on any atom is -0.0654 e. The molecule has 0 fully saturated rings. The maximum atomic E-state index is 2.37. The van der Waals surface area contributed by atoms with E-state index in [1.165, 1.54) is 106 Å². The van der Waals surface area contributed by atoms with E-state index in [4.69, 9.17) is 0 Å². The van der Waals surface area contributed by atoms with Crippen molar-refractivity contribution in [3.63, 3.8) is 0 Å². The van der Waals surface area contributed by atoms with E-state index in [0.717, 1.165) is 5.25 Å². The lowest BCUT2D eigenvalue weighted by Gasteiger charge is -2.19. The van der Waals surface area contributed by atoms with Crippen LogP contribution in [-0.2, 0) is 10.9 Å². The molecule has 0 bridgehead atoms. The first-order valence-electron chi connectivity index (χ1n) is 13.2. The van der Waals surface area contributed by atoms with Gasteiger partial charge in [-0.3, -0.25) is 0 Å². The van der Waals surface area contributed by atoms with Crippen LogP contribution in [0.5, 0.6) is 0 Å². The third-order valence-corrected chi connectivity index (χ3v) is 9.04. The zero-order valence-corrected chi connectivity index (χ0v) is 21.2. The summed E-state index contributed by atoms with van der Waals surface area (Å²) in [6.07, 6.45) is 21.0. The normalized spacial score (nSPS) is 12.4. The van der Waals surface area contributed by atoms with E-state index in [-0.39, 0.29) is 10.9 Å². The average Bonchev–Trinajstić information content (AvgIpc) is 2.82.